The van der Waals surface area contributed by atoms with E-state index < -0.39 is 6.10 Å². The SMILES string of the molecule is CC1(C)CC1C(O)c1ccc2c(c1)OCCCO2. The van der Waals surface area contributed by atoms with Crippen LogP contribution in [0.15, 0.2) is 18.2 Å². The Labute approximate surface area is 108 Å². The second-order valence-corrected chi connectivity index (χ2v) is 6.00. The molecule has 1 aromatic rings. The number of hydrogen-bond acceptors (Lipinski definition) is 3. The molecule has 3 nitrogen and oxygen atoms in total. The highest BCUT2D eigenvalue weighted by Crippen LogP contribution is 2.58. The van der Waals surface area contributed by atoms with Gasteiger partial charge in [0.15, 0.2) is 11.5 Å². The van der Waals surface area contributed by atoms with Crippen molar-refractivity contribution < 1.29 is 14.6 Å². The summed E-state index contributed by atoms with van der Waals surface area (Å²) in [6.07, 6.45) is 1.60. The lowest BCUT2D eigenvalue weighted by Gasteiger charge is -2.15. The number of ether oxygens (including phenoxy) is 2. The molecule has 1 fully saturated rings. The van der Waals surface area contributed by atoms with Crippen LogP contribution in [-0.4, -0.2) is 18.3 Å². The maximum Gasteiger partial charge on any atom is 0.161 e. The highest BCUT2D eigenvalue weighted by atomic mass is 16.5. The van der Waals surface area contributed by atoms with Crippen LogP contribution < -0.4 is 9.47 Å². The summed E-state index contributed by atoms with van der Waals surface area (Å²) in [6.45, 7) is 5.78. The summed E-state index contributed by atoms with van der Waals surface area (Å²) in [6, 6.07) is 5.79. The minimum absolute atomic E-state index is 0.267. The van der Waals surface area contributed by atoms with Crippen molar-refractivity contribution in [2.45, 2.75) is 32.8 Å². The van der Waals surface area contributed by atoms with Crippen LogP contribution in [-0.2, 0) is 0 Å². The molecule has 1 saturated carbocycles. The normalized spacial score (nSPS) is 26.3. The van der Waals surface area contributed by atoms with Crippen molar-refractivity contribution in [2.75, 3.05) is 13.2 Å². The van der Waals surface area contributed by atoms with E-state index >= 15 is 0 Å². The number of benzene rings is 1. The Morgan fingerprint density at radius 2 is 1.89 bits per heavy atom. The highest BCUT2D eigenvalue weighted by Gasteiger charge is 2.50. The van der Waals surface area contributed by atoms with Crippen LogP contribution in [0.3, 0.4) is 0 Å². The van der Waals surface area contributed by atoms with Crippen LogP contribution in [0.1, 0.15) is 38.4 Å². The van der Waals surface area contributed by atoms with E-state index in [9.17, 15) is 5.11 Å². The zero-order valence-electron chi connectivity index (χ0n) is 11.0. The van der Waals surface area contributed by atoms with Crippen LogP contribution in [0.5, 0.6) is 11.5 Å². The maximum atomic E-state index is 10.4. The second kappa shape index (κ2) is 4.16. The number of hydrogen-bond donors (Lipinski definition) is 1. The molecule has 1 aromatic carbocycles. The van der Waals surface area contributed by atoms with Crippen LogP contribution >= 0.6 is 0 Å². The molecule has 0 amide bonds. The molecule has 18 heavy (non-hydrogen) atoms. The summed E-state index contributed by atoms with van der Waals surface area (Å²) in [7, 11) is 0. The third-order valence-electron chi connectivity index (χ3n) is 4.08. The van der Waals surface area contributed by atoms with Crippen molar-refractivity contribution >= 4 is 0 Å². The Hall–Kier alpha value is -1.22. The molecule has 1 heterocycles. The van der Waals surface area contributed by atoms with Gasteiger partial charge in [-0.2, -0.15) is 0 Å². The molecule has 1 N–H and O–H groups in total. The lowest BCUT2D eigenvalue weighted by atomic mass is 9.99. The Balaban J connectivity index is 1.83. The predicted octanol–water partition coefficient (Wildman–Crippen LogP) is 2.93. The second-order valence-electron chi connectivity index (χ2n) is 6.00. The lowest BCUT2D eigenvalue weighted by molar-refractivity contribution is 0.138. The third kappa shape index (κ3) is 2.07. The van der Waals surface area contributed by atoms with Crippen molar-refractivity contribution in [1.29, 1.82) is 0 Å². The molecular formula is C15H20O3. The van der Waals surface area contributed by atoms with E-state index in [0.29, 0.717) is 19.1 Å². The third-order valence-corrected chi connectivity index (χ3v) is 4.08. The van der Waals surface area contributed by atoms with Crippen molar-refractivity contribution in [2.24, 2.45) is 11.3 Å². The number of aliphatic hydroxyl groups excluding tert-OH is 1. The smallest absolute Gasteiger partial charge is 0.161 e. The van der Waals surface area contributed by atoms with Crippen LogP contribution in [0, 0.1) is 11.3 Å². The van der Waals surface area contributed by atoms with Gasteiger partial charge in [0.05, 0.1) is 19.3 Å². The zero-order valence-corrected chi connectivity index (χ0v) is 11.0. The van der Waals surface area contributed by atoms with Gasteiger partial charge in [0.1, 0.15) is 0 Å². The number of aliphatic hydroxyl groups is 1. The Morgan fingerprint density at radius 3 is 2.56 bits per heavy atom. The van der Waals surface area contributed by atoms with Crippen LogP contribution in [0.25, 0.3) is 0 Å². The van der Waals surface area contributed by atoms with Crippen molar-refractivity contribution in [3.05, 3.63) is 23.8 Å². The van der Waals surface area contributed by atoms with Gasteiger partial charge >= 0.3 is 0 Å². The molecule has 2 atom stereocenters. The quantitative estimate of drug-likeness (QED) is 0.874. The van der Waals surface area contributed by atoms with Gasteiger partial charge in [0, 0.05) is 6.42 Å². The Bertz CT molecular complexity index is 453. The Kier molecular flexibility index (Phi) is 2.74. The number of fused-ring (bicyclic) bond motifs is 1. The minimum Gasteiger partial charge on any atom is -0.490 e. The molecule has 0 saturated heterocycles. The molecule has 2 aliphatic rings. The summed E-state index contributed by atoms with van der Waals surface area (Å²) in [5, 5.41) is 10.4. The molecule has 0 aromatic heterocycles. The minimum atomic E-state index is -0.392. The summed E-state index contributed by atoms with van der Waals surface area (Å²) in [5.41, 5.74) is 1.21. The molecule has 3 rings (SSSR count). The Morgan fingerprint density at radius 1 is 1.22 bits per heavy atom. The van der Waals surface area contributed by atoms with E-state index in [2.05, 4.69) is 13.8 Å². The first-order chi connectivity index (χ1) is 8.58. The molecule has 1 aliphatic heterocycles. The average Bonchev–Trinajstić information content (AvgIpc) is 3.04. The largest absolute Gasteiger partial charge is 0.490 e. The predicted molar refractivity (Wildman–Crippen MR) is 68.9 cm³/mol. The van der Waals surface area contributed by atoms with E-state index in [4.69, 9.17) is 9.47 Å². The molecular weight excluding hydrogens is 228 g/mol. The van der Waals surface area contributed by atoms with Crippen LogP contribution in [0.2, 0.25) is 0 Å². The van der Waals surface area contributed by atoms with E-state index in [-0.39, 0.29) is 5.41 Å². The first kappa shape index (κ1) is 11.8. The van der Waals surface area contributed by atoms with Gasteiger partial charge in [-0.1, -0.05) is 19.9 Å². The maximum absolute atomic E-state index is 10.4. The lowest BCUT2D eigenvalue weighted by Crippen LogP contribution is -2.05. The number of rotatable bonds is 2. The highest BCUT2D eigenvalue weighted by molar-refractivity contribution is 5.44. The fourth-order valence-electron chi connectivity index (χ4n) is 2.64. The van der Waals surface area contributed by atoms with Gasteiger partial charge in [0.2, 0.25) is 0 Å². The van der Waals surface area contributed by atoms with Gasteiger partial charge in [-0.3, -0.25) is 0 Å². The van der Waals surface area contributed by atoms with Crippen LogP contribution in [0.4, 0.5) is 0 Å². The molecule has 0 spiro atoms. The fraction of sp³-hybridized carbons (Fsp3) is 0.600. The molecule has 0 bridgehead atoms. The van der Waals surface area contributed by atoms with Gasteiger partial charge in [0.25, 0.3) is 0 Å². The first-order valence-electron chi connectivity index (χ1n) is 6.65. The topological polar surface area (TPSA) is 38.7 Å². The molecule has 98 valence electrons. The fourth-order valence-corrected chi connectivity index (χ4v) is 2.64. The first-order valence-corrected chi connectivity index (χ1v) is 6.65. The van der Waals surface area contributed by atoms with Gasteiger partial charge in [-0.25, -0.2) is 0 Å². The van der Waals surface area contributed by atoms with Crippen molar-refractivity contribution in [1.82, 2.24) is 0 Å². The average molecular weight is 248 g/mol. The summed E-state index contributed by atoms with van der Waals surface area (Å²) < 4.78 is 11.2. The molecule has 1 aliphatic carbocycles. The van der Waals surface area contributed by atoms with Crippen molar-refractivity contribution in [3.63, 3.8) is 0 Å². The van der Waals surface area contributed by atoms with E-state index in [1.54, 1.807) is 0 Å². The van der Waals surface area contributed by atoms with Gasteiger partial charge in [-0.15, -0.1) is 0 Å². The standard InChI is InChI=1S/C15H20O3/c1-15(2)9-11(15)14(16)10-4-5-12-13(8-10)18-7-3-6-17-12/h4-5,8,11,14,16H,3,6-7,9H2,1-2H3. The molecule has 0 radical (unpaired) electrons. The molecule has 2 unspecified atom stereocenters. The molecule has 3 heteroatoms. The zero-order chi connectivity index (χ0) is 12.8. The van der Waals surface area contributed by atoms with Crippen molar-refractivity contribution in [3.8, 4) is 11.5 Å². The summed E-state index contributed by atoms with van der Waals surface area (Å²) in [5.74, 6) is 1.92. The summed E-state index contributed by atoms with van der Waals surface area (Å²) >= 11 is 0. The monoisotopic (exact) mass is 248 g/mol. The van der Waals surface area contributed by atoms with E-state index in [1.807, 2.05) is 18.2 Å². The summed E-state index contributed by atoms with van der Waals surface area (Å²) in [4.78, 5) is 0. The van der Waals surface area contributed by atoms with Gasteiger partial charge < -0.3 is 14.6 Å². The van der Waals surface area contributed by atoms with E-state index in [1.165, 1.54) is 0 Å². The van der Waals surface area contributed by atoms with E-state index in [0.717, 1.165) is 29.9 Å². The van der Waals surface area contributed by atoms with Gasteiger partial charge in [-0.05, 0) is 35.4 Å².